The van der Waals surface area contributed by atoms with E-state index in [1.165, 1.54) is 0 Å². The Hall–Kier alpha value is -1.10. The Morgan fingerprint density at radius 3 is 3.00 bits per heavy atom. The van der Waals surface area contributed by atoms with Crippen LogP contribution in [-0.4, -0.2) is 42.4 Å². The molecule has 0 aromatic carbocycles. The zero-order valence-corrected chi connectivity index (χ0v) is 7.75. The predicted octanol–water partition coefficient (Wildman–Crippen LogP) is -1.32. The van der Waals surface area contributed by atoms with Gasteiger partial charge in [0.05, 0.1) is 6.54 Å². The lowest BCUT2D eigenvalue weighted by molar-refractivity contribution is -0.126. The van der Waals surface area contributed by atoms with Gasteiger partial charge in [-0.05, 0) is 6.92 Å². The molecule has 1 unspecified atom stereocenters. The van der Waals surface area contributed by atoms with Crippen LogP contribution in [0.1, 0.15) is 13.3 Å². The van der Waals surface area contributed by atoms with Crippen LogP contribution < -0.4 is 11.1 Å². The molecule has 0 spiro atoms. The van der Waals surface area contributed by atoms with Gasteiger partial charge in [0.25, 0.3) is 0 Å². The lowest BCUT2D eigenvalue weighted by Crippen LogP contribution is -2.53. The van der Waals surface area contributed by atoms with Crippen LogP contribution in [0.25, 0.3) is 0 Å². The maximum Gasteiger partial charge on any atom is 0.234 e. The van der Waals surface area contributed by atoms with Crippen molar-refractivity contribution in [3.8, 4) is 0 Å². The van der Waals surface area contributed by atoms with Crippen molar-refractivity contribution < 1.29 is 9.59 Å². The normalized spacial score (nSPS) is 24.1. The number of carbonyl (C=O) groups excluding carboxylic acids is 2. The van der Waals surface area contributed by atoms with E-state index >= 15 is 0 Å². The molecule has 74 valence electrons. The number of carbonyl (C=O) groups is 2. The van der Waals surface area contributed by atoms with Gasteiger partial charge in [0.15, 0.2) is 0 Å². The predicted molar refractivity (Wildman–Crippen MR) is 47.9 cm³/mol. The van der Waals surface area contributed by atoms with Crippen molar-refractivity contribution >= 4 is 11.8 Å². The first-order valence-corrected chi connectivity index (χ1v) is 4.38. The lowest BCUT2D eigenvalue weighted by atomic mass is 10.2. The van der Waals surface area contributed by atoms with E-state index in [1.807, 2.05) is 11.8 Å². The van der Waals surface area contributed by atoms with E-state index in [1.54, 1.807) is 0 Å². The van der Waals surface area contributed by atoms with Crippen LogP contribution in [0.15, 0.2) is 0 Å². The molecule has 3 N–H and O–H groups in total. The summed E-state index contributed by atoms with van der Waals surface area (Å²) in [7, 11) is 0. The number of nitrogens with zero attached hydrogens (tertiary/aromatic N) is 1. The maximum atomic E-state index is 11.1. The van der Waals surface area contributed by atoms with Crippen molar-refractivity contribution in [2.24, 2.45) is 5.73 Å². The summed E-state index contributed by atoms with van der Waals surface area (Å²) in [6, 6.07) is 0.161. The van der Waals surface area contributed by atoms with Crippen LogP contribution in [0.5, 0.6) is 0 Å². The second kappa shape index (κ2) is 4.23. The Kier molecular flexibility index (Phi) is 3.25. The largest absolute Gasteiger partial charge is 0.370 e. The third-order valence-electron chi connectivity index (χ3n) is 1.98. The van der Waals surface area contributed by atoms with Crippen LogP contribution in [-0.2, 0) is 9.59 Å². The van der Waals surface area contributed by atoms with Gasteiger partial charge in [0.1, 0.15) is 0 Å². The number of nitrogens with one attached hydrogen (secondary N) is 1. The molecule has 1 aliphatic rings. The summed E-state index contributed by atoms with van der Waals surface area (Å²) in [4.78, 5) is 23.5. The van der Waals surface area contributed by atoms with Crippen LogP contribution in [0, 0.1) is 0 Å². The zero-order chi connectivity index (χ0) is 9.84. The van der Waals surface area contributed by atoms with Crippen molar-refractivity contribution in [2.75, 3.05) is 19.6 Å². The standard InChI is InChI=1S/C8H15N3O2/c1-6-4-11(3-2-7(9)12)5-8(13)10-6/h6H,2-5H2,1H3,(H2,9,12)(H,10,13). The molecule has 5 heteroatoms. The van der Waals surface area contributed by atoms with E-state index in [0.717, 1.165) is 6.54 Å². The SMILES string of the molecule is CC1CN(CCC(N)=O)CC(=O)N1. The van der Waals surface area contributed by atoms with Crippen molar-refractivity contribution in [1.82, 2.24) is 10.2 Å². The van der Waals surface area contributed by atoms with Gasteiger partial charge in [-0.1, -0.05) is 0 Å². The Labute approximate surface area is 77.3 Å². The highest BCUT2D eigenvalue weighted by Crippen LogP contribution is 1.99. The molecule has 0 aromatic rings. The topological polar surface area (TPSA) is 75.4 Å². The van der Waals surface area contributed by atoms with E-state index in [9.17, 15) is 9.59 Å². The van der Waals surface area contributed by atoms with Gasteiger partial charge in [-0.25, -0.2) is 0 Å². The fourth-order valence-corrected chi connectivity index (χ4v) is 1.46. The Morgan fingerprint density at radius 1 is 1.77 bits per heavy atom. The first-order chi connectivity index (χ1) is 6.08. The van der Waals surface area contributed by atoms with E-state index in [-0.39, 0.29) is 17.9 Å². The number of nitrogens with two attached hydrogens (primary N) is 1. The summed E-state index contributed by atoms with van der Waals surface area (Å²) in [6.45, 7) is 3.68. The highest BCUT2D eigenvalue weighted by Gasteiger charge is 2.20. The highest BCUT2D eigenvalue weighted by atomic mass is 16.2. The van der Waals surface area contributed by atoms with E-state index in [2.05, 4.69) is 5.32 Å². The molecule has 0 aromatic heterocycles. The van der Waals surface area contributed by atoms with Crippen molar-refractivity contribution in [2.45, 2.75) is 19.4 Å². The minimum absolute atomic E-state index is 0.0169. The molecule has 1 heterocycles. The molecule has 5 nitrogen and oxygen atoms in total. The summed E-state index contributed by atoms with van der Waals surface area (Å²) in [5.74, 6) is -0.304. The quantitative estimate of drug-likeness (QED) is 0.572. The average molecular weight is 185 g/mol. The second-order valence-electron chi connectivity index (χ2n) is 3.42. The molecule has 13 heavy (non-hydrogen) atoms. The van der Waals surface area contributed by atoms with Crippen LogP contribution >= 0.6 is 0 Å². The fraction of sp³-hybridized carbons (Fsp3) is 0.750. The molecule has 2 amide bonds. The fourth-order valence-electron chi connectivity index (χ4n) is 1.46. The number of primary amides is 1. The van der Waals surface area contributed by atoms with Crippen LogP contribution in [0.4, 0.5) is 0 Å². The van der Waals surface area contributed by atoms with Gasteiger partial charge in [-0.2, -0.15) is 0 Å². The van der Waals surface area contributed by atoms with Gasteiger partial charge < -0.3 is 11.1 Å². The van der Waals surface area contributed by atoms with Gasteiger partial charge in [-0.15, -0.1) is 0 Å². The number of piperazine rings is 1. The number of rotatable bonds is 3. The molecule has 0 saturated carbocycles. The monoisotopic (exact) mass is 185 g/mol. The van der Waals surface area contributed by atoms with E-state index in [0.29, 0.717) is 19.5 Å². The van der Waals surface area contributed by atoms with Gasteiger partial charge in [-0.3, -0.25) is 14.5 Å². The highest BCUT2D eigenvalue weighted by molar-refractivity contribution is 5.79. The Bertz CT molecular complexity index is 217. The molecular weight excluding hydrogens is 170 g/mol. The third kappa shape index (κ3) is 3.42. The molecule has 1 rings (SSSR count). The van der Waals surface area contributed by atoms with Gasteiger partial charge >= 0.3 is 0 Å². The summed E-state index contributed by atoms with van der Waals surface area (Å²) < 4.78 is 0. The molecule has 0 aliphatic carbocycles. The van der Waals surface area contributed by atoms with Crippen molar-refractivity contribution in [3.63, 3.8) is 0 Å². The summed E-state index contributed by atoms with van der Waals surface area (Å²) in [6.07, 6.45) is 0.319. The molecule has 1 saturated heterocycles. The number of hydrogen-bond donors (Lipinski definition) is 2. The van der Waals surface area contributed by atoms with Crippen molar-refractivity contribution in [1.29, 1.82) is 0 Å². The summed E-state index contributed by atoms with van der Waals surface area (Å²) >= 11 is 0. The number of hydrogen-bond acceptors (Lipinski definition) is 3. The second-order valence-corrected chi connectivity index (χ2v) is 3.42. The zero-order valence-electron chi connectivity index (χ0n) is 7.75. The molecular formula is C8H15N3O2. The van der Waals surface area contributed by atoms with Crippen LogP contribution in [0.2, 0.25) is 0 Å². The van der Waals surface area contributed by atoms with Gasteiger partial charge in [0.2, 0.25) is 11.8 Å². The molecule has 1 fully saturated rings. The summed E-state index contributed by atoms with van der Waals surface area (Å²) in [5, 5.41) is 2.80. The molecule has 1 aliphatic heterocycles. The Morgan fingerprint density at radius 2 is 2.46 bits per heavy atom. The minimum Gasteiger partial charge on any atom is -0.370 e. The van der Waals surface area contributed by atoms with E-state index < -0.39 is 0 Å². The smallest absolute Gasteiger partial charge is 0.234 e. The first kappa shape index (κ1) is 9.98. The van der Waals surface area contributed by atoms with Crippen LogP contribution in [0.3, 0.4) is 0 Å². The Balaban J connectivity index is 2.33. The maximum absolute atomic E-state index is 11.1. The first-order valence-electron chi connectivity index (χ1n) is 4.38. The average Bonchev–Trinajstić information content (AvgIpc) is 1.99. The van der Waals surface area contributed by atoms with E-state index in [4.69, 9.17) is 5.73 Å². The third-order valence-corrected chi connectivity index (χ3v) is 1.98. The molecule has 0 bridgehead atoms. The molecule has 0 radical (unpaired) electrons. The van der Waals surface area contributed by atoms with Crippen molar-refractivity contribution in [3.05, 3.63) is 0 Å². The lowest BCUT2D eigenvalue weighted by Gasteiger charge is -2.30. The summed E-state index contributed by atoms with van der Waals surface area (Å²) in [5.41, 5.74) is 5.01. The number of amides is 2. The van der Waals surface area contributed by atoms with Gasteiger partial charge in [0, 0.05) is 25.6 Å². The minimum atomic E-state index is -0.321. The molecule has 1 atom stereocenters.